The molecule has 0 heterocycles. The lowest BCUT2D eigenvalue weighted by molar-refractivity contribution is 1.49. The Hall–Kier alpha value is -0.660. The zero-order valence-corrected chi connectivity index (χ0v) is 9.08. The maximum Gasteiger partial charge on any atom is 0.0829 e. The van der Waals surface area contributed by atoms with E-state index in [1.807, 2.05) is 32.2 Å². The summed E-state index contributed by atoms with van der Waals surface area (Å²) >= 11 is 11.9. The minimum atomic E-state index is 0.569. The highest BCUT2D eigenvalue weighted by Gasteiger charge is 2.06. The summed E-state index contributed by atoms with van der Waals surface area (Å²) in [7, 11) is 1.82. The Kier molecular flexibility index (Phi) is 3.64. The second-order valence-electron chi connectivity index (χ2n) is 2.58. The quantitative estimate of drug-likeness (QED) is 0.785. The van der Waals surface area contributed by atoms with E-state index in [4.69, 9.17) is 23.2 Å². The van der Waals surface area contributed by atoms with Crippen molar-refractivity contribution in [1.82, 2.24) is 0 Å². The van der Waals surface area contributed by atoms with Crippen LogP contribution in [0.15, 0.2) is 18.2 Å². The first kappa shape index (κ1) is 10.4. The topological polar surface area (TPSA) is 12.0 Å². The van der Waals surface area contributed by atoms with Crippen LogP contribution in [0.4, 0.5) is 5.69 Å². The van der Waals surface area contributed by atoms with Gasteiger partial charge in [-0.05, 0) is 18.6 Å². The molecule has 1 aromatic rings. The normalized spacial score (nSPS) is 10.8. The number of halogens is 2. The lowest BCUT2D eigenvalue weighted by atomic mass is 10.1. The smallest absolute Gasteiger partial charge is 0.0829 e. The van der Waals surface area contributed by atoms with Gasteiger partial charge in [-0.15, -0.1) is 0 Å². The third-order valence-electron chi connectivity index (χ3n) is 1.72. The lowest BCUT2D eigenvalue weighted by Gasteiger charge is -2.08. The summed E-state index contributed by atoms with van der Waals surface area (Å²) in [6.07, 6.45) is 3.94. The van der Waals surface area contributed by atoms with E-state index >= 15 is 0 Å². The summed E-state index contributed by atoms with van der Waals surface area (Å²) < 4.78 is 0. The van der Waals surface area contributed by atoms with Gasteiger partial charge in [0.25, 0.3) is 0 Å². The van der Waals surface area contributed by atoms with E-state index in [9.17, 15) is 0 Å². The van der Waals surface area contributed by atoms with Crippen LogP contribution in [-0.4, -0.2) is 7.05 Å². The van der Waals surface area contributed by atoms with Crippen molar-refractivity contribution in [2.24, 2.45) is 0 Å². The Bertz CT molecular complexity index is 332. The molecule has 0 aliphatic carbocycles. The van der Waals surface area contributed by atoms with Crippen molar-refractivity contribution in [2.45, 2.75) is 6.92 Å². The van der Waals surface area contributed by atoms with E-state index in [1.165, 1.54) is 0 Å². The molecular weight excluding hydrogens is 205 g/mol. The SMILES string of the molecule is CC=Cc1ccc(Cl)c(Cl)c1NC. The molecule has 0 aliphatic rings. The second-order valence-corrected chi connectivity index (χ2v) is 3.36. The summed E-state index contributed by atoms with van der Waals surface area (Å²) in [6.45, 7) is 1.96. The molecule has 0 fully saturated rings. The Morgan fingerprint density at radius 1 is 1.31 bits per heavy atom. The molecule has 0 radical (unpaired) electrons. The molecule has 0 aromatic heterocycles. The fourth-order valence-corrected chi connectivity index (χ4v) is 1.56. The van der Waals surface area contributed by atoms with Crippen molar-refractivity contribution in [2.75, 3.05) is 12.4 Å². The summed E-state index contributed by atoms with van der Waals surface area (Å²) in [5.74, 6) is 0. The monoisotopic (exact) mass is 215 g/mol. The number of anilines is 1. The van der Waals surface area contributed by atoms with E-state index in [-0.39, 0.29) is 0 Å². The number of allylic oxidation sites excluding steroid dienone is 1. The summed E-state index contributed by atoms with van der Waals surface area (Å²) in [6, 6.07) is 3.72. The molecule has 1 aromatic carbocycles. The van der Waals surface area contributed by atoms with Crippen LogP contribution in [0.25, 0.3) is 6.08 Å². The van der Waals surface area contributed by atoms with Crippen LogP contribution >= 0.6 is 23.2 Å². The van der Waals surface area contributed by atoms with Crippen molar-refractivity contribution >= 4 is 35.0 Å². The summed E-state index contributed by atoms with van der Waals surface area (Å²) in [5, 5.41) is 4.16. The van der Waals surface area contributed by atoms with E-state index in [0.717, 1.165) is 11.3 Å². The van der Waals surface area contributed by atoms with Crippen LogP contribution in [0.3, 0.4) is 0 Å². The zero-order chi connectivity index (χ0) is 9.84. The highest BCUT2D eigenvalue weighted by Crippen LogP contribution is 2.33. The van der Waals surface area contributed by atoms with Gasteiger partial charge >= 0.3 is 0 Å². The molecule has 0 bridgehead atoms. The number of rotatable bonds is 2. The van der Waals surface area contributed by atoms with Crippen LogP contribution in [0.2, 0.25) is 10.0 Å². The fraction of sp³-hybridized carbons (Fsp3) is 0.200. The van der Waals surface area contributed by atoms with Crippen LogP contribution in [0.1, 0.15) is 12.5 Å². The molecule has 0 saturated heterocycles. The van der Waals surface area contributed by atoms with Gasteiger partial charge in [-0.1, -0.05) is 41.4 Å². The average molecular weight is 216 g/mol. The zero-order valence-electron chi connectivity index (χ0n) is 7.57. The van der Waals surface area contributed by atoms with Crippen LogP contribution in [-0.2, 0) is 0 Å². The largest absolute Gasteiger partial charge is 0.386 e. The minimum absolute atomic E-state index is 0.569. The average Bonchev–Trinajstić information content (AvgIpc) is 2.12. The van der Waals surface area contributed by atoms with Crippen molar-refractivity contribution in [3.63, 3.8) is 0 Å². The molecule has 3 heteroatoms. The molecule has 0 amide bonds. The Balaban J connectivity index is 3.29. The second kappa shape index (κ2) is 4.54. The van der Waals surface area contributed by atoms with Crippen LogP contribution in [0.5, 0.6) is 0 Å². The predicted molar refractivity (Wildman–Crippen MR) is 60.7 cm³/mol. The van der Waals surface area contributed by atoms with Crippen molar-refractivity contribution in [3.05, 3.63) is 33.8 Å². The molecule has 0 spiro atoms. The molecule has 13 heavy (non-hydrogen) atoms. The Morgan fingerprint density at radius 2 is 2.00 bits per heavy atom. The molecule has 1 rings (SSSR count). The molecular formula is C10H11Cl2N. The fourth-order valence-electron chi connectivity index (χ4n) is 1.14. The number of hydrogen-bond donors (Lipinski definition) is 1. The van der Waals surface area contributed by atoms with Crippen molar-refractivity contribution in [3.8, 4) is 0 Å². The van der Waals surface area contributed by atoms with Gasteiger partial charge in [-0.25, -0.2) is 0 Å². The van der Waals surface area contributed by atoms with E-state index in [2.05, 4.69) is 5.32 Å². The van der Waals surface area contributed by atoms with E-state index in [1.54, 1.807) is 6.07 Å². The van der Waals surface area contributed by atoms with Gasteiger partial charge in [0, 0.05) is 7.05 Å². The van der Waals surface area contributed by atoms with E-state index in [0.29, 0.717) is 10.0 Å². The lowest BCUT2D eigenvalue weighted by Crippen LogP contribution is -1.92. The van der Waals surface area contributed by atoms with E-state index < -0.39 is 0 Å². The molecule has 0 aliphatic heterocycles. The molecule has 0 saturated carbocycles. The molecule has 1 nitrogen and oxygen atoms in total. The third kappa shape index (κ3) is 2.17. The maximum atomic E-state index is 6.01. The number of hydrogen-bond acceptors (Lipinski definition) is 1. The molecule has 0 atom stereocenters. The maximum absolute atomic E-state index is 6.01. The van der Waals surface area contributed by atoms with Gasteiger partial charge in [0.2, 0.25) is 0 Å². The van der Waals surface area contributed by atoms with Gasteiger partial charge in [0.1, 0.15) is 0 Å². The molecule has 0 unspecified atom stereocenters. The van der Waals surface area contributed by atoms with Gasteiger partial charge in [-0.2, -0.15) is 0 Å². The highest BCUT2D eigenvalue weighted by molar-refractivity contribution is 6.44. The van der Waals surface area contributed by atoms with Gasteiger partial charge < -0.3 is 5.32 Å². The van der Waals surface area contributed by atoms with Gasteiger partial charge in [-0.3, -0.25) is 0 Å². The van der Waals surface area contributed by atoms with Crippen molar-refractivity contribution in [1.29, 1.82) is 0 Å². The summed E-state index contributed by atoms with van der Waals surface area (Å²) in [5.41, 5.74) is 1.91. The summed E-state index contributed by atoms with van der Waals surface area (Å²) in [4.78, 5) is 0. The Morgan fingerprint density at radius 3 is 2.54 bits per heavy atom. The van der Waals surface area contributed by atoms with Gasteiger partial charge in [0.15, 0.2) is 0 Å². The van der Waals surface area contributed by atoms with Crippen molar-refractivity contribution < 1.29 is 0 Å². The predicted octanol–water partition coefficient (Wildman–Crippen LogP) is 4.07. The minimum Gasteiger partial charge on any atom is -0.386 e. The number of nitrogens with one attached hydrogen (secondary N) is 1. The standard InChI is InChI=1S/C10H11Cl2N/c1-3-4-7-5-6-8(11)9(12)10(7)13-2/h3-6,13H,1-2H3. The Labute approximate surface area is 88.4 Å². The first-order chi connectivity index (χ1) is 6.20. The van der Waals surface area contributed by atoms with Crippen LogP contribution < -0.4 is 5.32 Å². The molecule has 70 valence electrons. The first-order valence-corrected chi connectivity index (χ1v) is 4.74. The van der Waals surface area contributed by atoms with Crippen LogP contribution in [0, 0.1) is 0 Å². The highest BCUT2D eigenvalue weighted by atomic mass is 35.5. The number of benzene rings is 1. The first-order valence-electron chi connectivity index (χ1n) is 3.99. The van der Waals surface area contributed by atoms with Gasteiger partial charge in [0.05, 0.1) is 15.7 Å². The third-order valence-corrected chi connectivity index (χ3v) is 2.53. The molecule has 1 N–H and O–H groups in total.